The van der Waals surface area contributed by atoms with Crippen molar-refractivity contribution in [3.63, 3.8) is 0 Å². The van der Waals surface area contributed by atoms with Gasteiger partial charge in [-0.1, -0.05) is 29.8 Å². The van der Waals surface area contributed by atoms with Gasteiger partial charge in [0.15, 0.2) is 0 Å². The number of hydrogen-bond acceptors (Lipinski definition) is 6. The third-order valence-corrected chi connectivity index (χ3v) is 6.06. The van der Waals surface area contributed by atoms with Gasteiger partial charge in [0.1, 0.15) is 0 Å². The van der Waals surface area contributed by atoms with Crippen molar-refractivity contribution in [3.8, 4) is 0 Å². The maximum absolute atomic E-state index is 13.0. The number of urea groups is 1. The van der Waals surface area contributed by atoms with E-state index in [9.17, 15) is 14.4 Å². The number of likely N-dealkylation sites (tertiary alicyclic amines) is 1. The van der Waals surface area contributed by atoms with Crippen molar-refractivity contribution >= 4 is 18.0 Å². The van der Waals surface area contributed by atoms with E-state index in [2.05, 4.69) is 10.2 Å². The third kappa shape index (κ3) is 5.30. The summed E-state index contributed by atoms with van der Waals surface area (Å²) in [5.41, 5.74) is 3.01. The van der Waals surface area contributed by atoms with E-state index in [4.69, 9.17) is 9.47 Å². The average Bonchev–Trinajstić information content (AvgIpc) is 2.78. The Bertz CT molecular complexity index is 872. The van der Waals surface area contributed by atoms with Gasteiger partial charge in [0.2, 0.25) is 0 Å². The van der Waals surface area contributed by atoms with Gasteiger partial charge < -0.3 is 14.8 Å². The second-order valence-electron chi connectivity index (χ2n) is 8.24. The van der Waals surface area contributed by atoms with Crippen molar-refractivity contribution in [1.82, 2.24) is 15.1 Å². The van der Waals surface area contributed by atoms with Crippen LogP contribution in [0.1, 0.15) is 43.9 Å². The smallest absolute Gasteiger partial charge is 0.338 e. The van der Waals surface area contributed by atoms with Crippen LogP contribution in [0.3, 0.4) is 0 Å². The summed E-state index contributed by atoms with van der Waals surface area (Å²) < 4.78 is 10.5. The molecule has 0 unspecified atom stereocenters. The highest BCUT2D eigenvalue weighted by Gasteiger charge is 2.38. The quantitative estimate of drug-likeness (QED) is 0.652. The van der Waals surface area contributed by atoms with Crippen molar-refractivity contribution in [1.29, 1.82) is 0 Å². The highest BCUT2D eigenvalue weighted by Crippen LogP contribution is 2.32. The van der Waals surface area contributed by atoms with E-state index in [1.807, 2.05) is 38.1 Å². The van der Waals surface area contributed by atoms with Gasteiger partial charge in [0.25, 0.3) is 0 Å². The fourth-order valence-corrected chi connectivity index (χ4v) is 4.21. The second kappa shape index (κ2) is 10.6. The first kappa shape index (κ1) is 23.8. The number of benzene rings is 1. The molecule has 1 aromatic rings. The molecule has 0 aliphatic carbocycles. The minimum atomic E-state index is -0.578. The maximum Gasteiger partial charge on any atom is 0.338 e. The number of carbonyl (C=O) groups excluding carboxylic acids is 3. The van der Waals surface area contributed by atoms with Crippen LogP contribution in [0.25, 0.3) is 0 Å². The molecule has 174 valence electrons. The van der Waals surface area contributed by atoms with Gasteiger partial charge in [-0.15, -0.1) is 0 Å². The molecule has 1 atom stereocenters. The summed E-state index contributed by atoms with van der Waals surface area (Å²) in [6, 6.07) is 6.93. The van der Waals surface area contributed by atoms with E-state index in [0.717, 1.165) is 11.1 Å². The number of esters is 2. The van der Waals surface area contributed by atoms with Crippen LogP contribution >= 0.6 is 0 Å². The molecular formula is C24H33N3O5. The van der Waals surface area contributed by atoms with Crippen molar-refractivity contribution in [2.45, 2.75) is 39.7 Å². The molecule has 0 spiro atoms. The number of carbonyl (C=O) groups is 3. The average molecular weight is 444 g/mol. The van der Waals surface area contributed by atoms with E-state index < -0.39 is 12.0 Å². The summed E-state index contributed by atoms with van der Waals surface area (Å²) in [4.78, 5) is 41.5. The molecule has 2 amide bonds. The van der Waals surface area contributed by atoms with Crippen molar-refractivity contribution in [2.75, 3.05) is 39.9 Å². The zero-order chi connectivity index (χ0) is 23.3. The maximum atomic E-state index is 13.0. The van der Waals surface area contributed by atoms with Crippen LogP contribution < -0.4 is 5.32 Å². The first-order valence-electron chi connectivity index (χ1n) is 11.3. The van der Waals surface area contributed by atoms with Crippen molar-refractivity contribution in [2.24, 2.45) is 5.92 Å². The van der Waals surface area contributed by atoms with Crippen LogP contribution in [0.5, 0.6) is 0 Å². The third-order valence-electron chi connectivity index (χ3n) is 6.06. The Morgan fingerprint density at radius 1 is 1.06 bits per heavy atom. The van der Waals surface area contributed by atoms with Crippen LogP contribution in [-0.4, -0.2) is 67.7 Å². The van der Waals surface area contributed by atoms with Gasteiger partial charge in [-0.2, -0.15) is 0 Å². The summed E-state index contributed by atoms with van der Waals surface area (Å²) >= 11 is 0. The lowest BCUT2D eigenvalue weighted by molar-refractivity contribution is -0.149. The summed E-state index contributed by atoms with van der Waals surface area (Å²) in [6.07, 6.45) is 1.39. The number of rotatable bonds is 7. The number of ether oxygens (including phenoxy) is 2. The van der Waals surface area contributed by atoms with Crippen molar-refractivity contribution < 1.29 is 23.9 Å². The number of nitrogens with zero attached hydrogens (tertiary/aromatic N) is 2. The summed E-state index contributed by atoms with van der Waals surface area (Å²) in [5.74, 6) is -0.675. The van der Waals surface area contributed by atoms with E-state index in [1.165, 1.54) is 4.90 Å². The Hall–Kier alpha value is -2.87. The normalized spacial score (nSPS) is 20.2. The molecule has 2 aliphatic heterocycles. The summed E-state index contributed by atoms with van der Waals surface area (Å²) in [5, 5.41) is 2.94. The predicted molar refractivity (Wildman–Crippen MR) is 120 cm³/mol. The van der Waals surface area contributed by atoms with Crippen molar-refractivity contribution in [3.05, 3.63) is 46.7 Å². The fraction of sp³-hybridized carbons (Fsp3) is 0.542. The van der Waals surface area contributed by atoms with E-state index in [0.29, 0.717) is 50.4 Å². The van der Waals surface area contributed by atoms with E-state index >= 15 is 0 Å². The molecule has 1 fully saturated rings. The number of likely N-dealkylation sites (N-methyl/N-ethyl adjacent to an activating group) is 1. The zero-order valence-corrected chi connectivity index (χ0v) is 19.3. The summed E-state index contributed by atoms with van der Waals surface area (Å²) in [7, 11) is 1.67. The molecular weight excluding hydrogens is 410 g/mol. The predicted octanol–water partition coefficient (Wildman–Crippen LogP) is 2.78. The van der Waals surface area contributed by atoms with E-state index in [-0.39, 0.29) is 24.5 Å². The van der Waals surface area contributed by atoms with Gasteiger partial charge in [-0.3, -0.25) is 14.6 Å². The minimum absolute atomic E-state index is 0.0996. The zero-order valence-electron chi connectivity index (χ0n) is 19.3. The number of piperidine rings is 1. The highest BCUT2D eigenvalue weighted by atomic mass is 16.5. The van der Waals surface area contributed by atoms with E-state index in [1.54, 1.807) is 14.0 Å². The molecule has 1 saturated heterocycles. The number of amides is 2. The highest BCUT2D eigenvalue weighted by molar-refractivity contribution is 5.95. The number of aryl methyl sites for hydroxylation is 1. The Balaban J connectivity index is 1.88. The Morgan fingerprint density at radius 3 is 2.28 bits per heavy atom. The number of nitrogens with one attached hydrogen (secondary N) is 1. The van der Waals surface area contributed by atoms with Gasteiger partial charge in [0.05, 0.1) is 30.7 Å². The molecule has 2 heterocycles. The van der Waals surface area contributed by atoms with Crippen LogP contribution in [0.2, 0.25) is 0 Å². The second-order valence-corrected chi connectivity index (χ2v) is 8.24. The van der Waals surface area contributed by atoms with Crippen LogP contribution in [0, 0.1) is 12.8 Å². The molecule has 0 aromatic heterocycles. The molecule has 2 aliphatic rings. The van der Waals surface area contributed by atoms with Crippen LogP contribution in [0.15, 0.2) is 35.5 Å². The van der Waals surface area contributed by atoms with Crippen LogP contribution in [-0.2, 0) is 19.1 Å². The lowest BCUT2D eigenvalue weighted by atomic mass is 9.93. The Labute approximate surface area is 189 Å². The molecule has 0 radical (unpaired) electrons. The largest absolute Gasteiger partial charge is 0.466 e. The van der Waals surface area contributed by atoms with Crippen LogP contribution in [0.4, 0.5) is 4.79 Å². The molecule has 3 rings (SSSR count). The summed E-state index contributed by atoms with van der Waals surface area (Å²) in [6.45, 7) is 8.00. The SMILES string of the molecule is CCOC(=O)C1=C(CN2CCC(C(=O)OCC)CC2)N(C)C(=O)N[C@H]1c1ccc(C)cc1. The first-order chi connectivity index (χ1) is 15.3. The molecule has 8 nitrogen and oxygen atoms in total. The molecule has 32 heavy (non-hydrogen) atoms. The Kier molecular flexibility index (Phi) is 7.90. The Morgan fingerprint density at radius 2 is 1.69 bits per heavy atom. The minimum Gasteiger partial charge on any atom is -0.466 e. The molecule has 0 bridgehead atoms. The molecule has 0 saturated carbocycles. The monoisotopic (exact) mass is 443 g/mol. The van der Waals surface area contributed by atoms with Gasteiger partial charge in [0, 0.05) is 19.3 Å². The molecule has 1 N–H and O–H groups in total. The first-order valence-corrected chi connectivity index (χ1v) is 11.3. The standard InChI is InChI=1S/C24H33N3O5/c1-5-31-22(28)18-11-13-27(14-12-18)15-19-20(23(29)32-6-2)21(25-24(30)26(19)4)17-9-7-16(3)8-10-17/h7-10,18,21H,5-6,11-15H2,1-4H3,(H,25,30)/t21-/m0/s1. The van der Waals surface area contributed by atoms with Gasteiger partial charge in [-0.05, 0) is 52.3 Å². The lowest BCUT2D eigenvalue weighted by Crippen LogP contribution is -2.50. The lowest BCUT2D eigenvalue weighted by Gasteiger charge is -2.38. The fourth-order valence-electron chi connectivity index (χ4n) is 4.21. The molecule has 8 heteroatoms. The number of hydrogen-bond donors (Lipinski definition) is 1. The van der Waals surface area contributed by atoms with Gasteiger partial charge >= 0.3 is 18.0 Å². The van der Waals surface area contributed by atoms with Gasteiger partial charge in [-0.25, -0.2) is 9.59 Å². The molecule has 1 aromatic carbocycles. The topological polar surface area (TPSA) is 88.2 Å².